The van der Waals surface area contributed by atoms with Crippen LogP contribution in [0.4, 0.5) is 5.69 Å². The highest BCUT2D eigenvalue weighted by Crippen LogP contribution is 2.16. The van der Waals surface area contributed by atoms with E-state index in [9.17, 15) is 8.42 Å². The van der Waals surface area contributed by atoms with Crippen molar-refractivity contribution in [2.45, 2.75) is 23.8 Å². The van der Waals surface area contributed by atoms with E-state index in [-0.39, 0.29) is 4.90 Å². The summed E-state index contributed by atoms with van der Waals surface area (Å²) in [5, 5.41) is 11.7. The molecule has 1 saturated heterocycles. The summed E-state index contributed by atoms with van der Waals surface area (Å²) in [5.41, 5.74) is 0.797. The van der Waals surface area contributed by atoms with E-state index in [0.717, 1.165) is 31.6 Å². The lowest BCUT2D eigenvalue weighted by atomic mass is 10.1. The highest BCUT2D eigenvalue weighted by molar-refractivity contribution is 7.89. The average molecular weight is 255 g/mol. The first kappa shape index (κ1) is 12.3. The summed E-state index contributed by atoms with van der Waals surface area (Å²) in [5.74, 6) is 0. The third-order valence-corrected chi connectivity index (χ3v) is 3.74. The Morgan fingerprint density at radius 2 is 2.24 bits per heavy atom. The number of piperidine rings is 1. The van der Waals surface area contributed by atoms with E-state index in [4.69, 9.17) is 5.14 Å². The maximum absolute atomic E-state index is 11.2. The molecule has 1 unspecified atom stereocenters. The van der Waals surface area contributed by atoms with Gasteiger partial charge in [0.05, 0.1) is 4.90 Å². The van der Waals surface area contributed by atoms with Gasteiger partial charge in [-0.3, -0.25) is 0 Å². The van der Waals surface area contributed by atoms with Crippen LogP contribution in [0.15, 0.2) is 29.2 Å². The molecule has 1 aliphatic heterocycles. The van der Waals surface area contributed by atoms with Gasteiger partial charge in [-0.05, 0) is 37.6 Å². The summed E-state index contributed by atoms with van der Waals surface area (Å²) in [7, 11) is -3.62. The zero-order valence-corrected chi connectivity index (χ0v) is 10.3. The van der Waals surface area contributed by atoms with Crippen LogP contribution in [0, 0.1) is 0 Å². The third kappa shape index (κ3) is 3.42. The van der Waals surface area contributed by atoms with Gasteiger partial charge >= 0.3 is 0 Å². The van der Waals surface area contributed by atoms with Crippen molar-refractivity contribution in [3.63, 3.8) is 0 Å². The number of anilines is 1. The monoisotopic (exact) mass is 255 g/mol. The number of nitrogens with two attached hydrogens (primary N) is 1. The molecule has 0 aliphatic carbocycles. The molecule has 0 bridgehead atoms. The second-order valence-electron chi connectivity index (χ2n) is 4.26. The van der Waals surface area contributed by atoms with E-state index < -0.39 is 10.0 Å². The summed E-state index contributed by atoms with van der Waals surface area (Å²) < 4.78 is 22.4. The van der Waals surface area contributed by atoms with Gasteiger partial charge in [0.2, 0.25) is 10.0 Å². The summed E-state index contributed by atoms with van der Waals surface area (Å²) in [6.07, 6.45) is 2.22. The van der Waals surface area contributed by atoms with Crippen LogP contribution in [0.3, 0.4) is 0 Å². The summed E-state index contributed by atoms with van der Waals surface area (Å²) in [6.45, 7) is 1.95. The van der Waals surface area contributed by atoms with Gasteiger partial charge in [0.1, 0.15) is 0 Å². The van der Waals surface area contributed by atoms with E-state index in [0.29, 0.717) is 6.04 Å². The Morgan fingerprint density at radius 1 is 1.41 bits per heavy atom. The van der Waals surface area contributed by atoms with Crippen LogP contribution in [-0.4, -0.2) is 27.5 Å². The minimum atomic E-state index is -3.62. The van der Waals surface area contributed by atoms with Crippen LogP contribution in [0.1, 0.15) is 12.8 Å². The normalized spacial score (nSPS) is 21.1. The molecule has 4 N–H and O–H groups in total. The Bertz CT molecular complexity index is 481. The maximum Gasteiger partial charge on any atom is 0.238 e. The number of hydrogen-bond donors (Lipinski definition) is 3. The molecule has 94 valence electrons. The fraction of sp³-hybridized carbons (Fsp3) is 0.455. The fourth-order valence-corrected chi connectivity index (χ4v) is 2.53. The van der Waals surface area contributed by atoms with Gasteiger partial charge in [0.15, 0.2) is 0 Å². The summed E-state index contributed by atoms with van der Waals surface area (Å²) in [6, 6.07) is 6.96. The second kappa shape index (κ2) is 5.03. The Labute approximate surface area is 101 Å². The molecule has 0 saturated carbocycles. The van der Waals surface area contributed by atoms with Crippen LogP contribution < -0.4 is 15.8 Å². The molecule has 1 aromatic rings. The Balaban J connectivity index is 2.11. The maximum atomic E-state index is 11.2. The standard InChI is InChI=1S/C11H17N3O2S/c12-17(15,16)11-5-1-3-9(7-11)14-10-4-2-6-13-8-10/h1,3,5,7,10,13-14H,2,4,6,8H2,(H2,12,15,16). The van der Waals surface area contributed by atoms with Crippen molar-refractivity contribution in [1.82, 2.24) is 5.32 Å². The van der Waals surface area contributed by atoms with Crippen molar-refractivity contribution in [1.29, 1.82) is 0 Å². The molecule has 0 radical (unpaired) electrons. The van der Waals surface area contributed by atoms with Crippen molar-refractivity contribution >= 4 is 15.7 Å². The van der Waals surface area contributed by atoms with Crippen molar-refractivity contribution < 1.29 is 8.42 Å². The lowest BCUT2D eigenvalue weighted by Crippen LogP contribution is -2.38. The first-order valence-electron chi connectivity index (χ1n) is 5.66. The van der Waals surface area contributed by atoms with E-state index in [1.165, 1.54) is 6.07 Å². The minimum absolute atomic E-state index is 0.145. The van der Waals surface area contributed by atoms with Crippen molar-refractivity contribution in [2.75, 3.05) is 18.4 Å². The highest BCUT2D eigenvalue weighted by Gasteiger charge is 2.13. The predicted molar refractivity (Wildman–Crippen MR) is 67.3 cm³/mol. The van der Waals surface area contributed by atoms with Gasteiger partial charge < -0.3 is 10.6 Å². The Hall–Kier alpha value is -1.11. The van der Waals surface area contributed by atoms with Crippen LogP contribution in [0.2, 0.25) is 0 Å². The molecule has 17 heavy (non-hydrogen) atoms. The number of nitrogens with one attached hydrogen (secondary N) is 2. The molecule has 5 nitrogen and oxygen atoms in total. The molecule has 0 amide bonds. The number of rotatable bonds is 3. The molecule has 1 atom stereocenters. The lowest BCUT2D eigenvalue weighted by molar-refractivity contribution is 0.480. The van der Waals surface area contributed by atoms with Crippen molar-refractivity contribution in [3.05, 3.63) is 24.3 Å². The number of hydrogen-bond acceptors (Lipinski definition) is 4. The van der Waals surface area contributed by atoms with Gasteiger partial charge in [-0.15, -0.1) is 0 Å². The molecule has 1 aliphatic rings. The molecule has 1 fully saturated rings. The Kier molecular flexibility index (Phi) is 3.66. The lowest BCUT2D eigenvalue weighted by Gasteiger charge is -2.24. The highest BCUT2D eigenvalue weighted by atomic mass is 32.2. The minimum Gasteiger partial charge on any atom is -0.381 e. The number of sulfonamides is 1. The van der Waals surface area contributed by atoms with Gasteiger partial charge in [0, 0.05) is 18.3 Å². The van der Waals surface area contributed by atoms with Crippen LogP contribution in [0.5, 0.6) is 0 Å². The zero-order valence-electron chi connectivity index (χ0n) is 9.52. The van der Waals surface area contributed by atoms with Crippen LogP contribution >= 0.6 is 0 Å². The molecule has 1 aromatic carbocycles. The molecule has 0 spiro atoms. The molecule has 6 heteroatoms. The zero-order chi connectivity index (χ0) is 12.3. The van der Waals surface area contributed by atoms with Gasteiger partial charge in [-0.25, -0.2) is 13.6 Å². The van der Waals surface area contributed by atoms with E-state index in [1.54, 1.807) is 12.1 Å². The van der Waals surface area contributed by atoms with E-state index >= 15 is 0 Å². The summed E-state index contributed by atoms with van der Waals surface area (Å²) >= 11 is 0. The number of benzene rings is 1. The van der Waals surface area contributed by atoms with Gasteiger partial charge in [-0.1, -0.05) is 6.07 Å². The van der Waals surface area contributed by atoms with Crippen molar-refractivity contribution in [2.24, 2.45) is 5.14 Å². The third-order valence-electron chi connectivity index (χ3n) is 2.83. The van der Waals surface area contributed by atoms with Crippen molar-refractivity contribution in [3.8, 4) is 0 Å². The first-order valence-corrected chi connectivity index (χ1v) is 7.20. The SMILES string of the molecule is NS(=O)(=O)c1cccc(NC2CCCNC2)c1. The quantitative estimate of drug-likeness (QED) is 0.734. The first-order chi connectivity index (χ1) is 8.05. The molecular formula is C11H17N3O2S. The smallest absolute Gasteiger partial charge is 0.238 e. The van der Waals surface area contributed by atoms with Gasteiger partial charge in [-0.2, -0.15) is 0 Å². The molecule has 0 aromatic heterocycles. The predicted octanol–water partition coefficient (Wildman–Crippen LogP) is 0.498. The second-order valence-corrected chi connectivity index (χ2v) is 5.82. The van der Waals surface area contributed by atoms with Gasteiger partial charge in [0.25, 0.3) is 0 Å². The topological polar surface area (TPSA) is 84.2 Å². The van der Waals surface area contributed by atoms with Crippen LogP contribution in [0.25, 0.3) is 0 Å². The largest absolute Gasteiger partial charge is 0.381 e. The molecule has 1 heterocycles. The average Bonchev–Trinajstić information content (AvgIpc) is 2.29. The summed E-state index contributed by atoms with van der Waals surface area (Å²) in [4.78, 5) is 0.145. The van der Waals surface area contributed by atoms with E-state index in [2.05, 4.69) is 10.6 Å². The molecule has 2 rings (SSSR count). The van der Waals surface area contributed by atoms with Crippen LogP contribution in [-0.2, 0) is 10.0 Å². The van der Waals surface area contributed by atoms with E-state index in [1.807, 2.05) is 6.07 Å². The fourth-order valence-electron chi connectivity index (χ4n) is 1.97. The Morgan fingerprint density at radius 3 is 2.88 bits per heavy atom. The number of primary sulfonamides is 1. The molecular weight excluding hydrogens is 238 g/mol.